The molecule has 0 aliphatic rings. The largest absolute Gasteiger partial charge is 0.463 e. The zero-order valence-corrected chi connectivity index (χ0v) is 14.0. The van der Waals surface area contributed by atoms with E-state index in [2.05, 4.69) is 0 Å². The molecular formula is C19H26O3. The minimum atomic E-state index is -0.336. The van der Waals surface area contributed by atoms with Gasteiger partial charge >= 0.3 is 5.97 Å². The van der Waals surface area contributed by atoms with Crippen molar-refractivity contribution in [3.8, 4) is 0 Å². The summed E-state index contributed by atoms with van der Waals surface area (Å²) < 4.78 is 4.80. The van der Waals surface area contributed by atoms with Gasteiger partial charge in [0.25, 0.3) is 0 Å². The van der Waals surface area contributed by atoms with E-state index >= 15 is 0 Å². The van der Waals surface area contributed by atoms with Crippen molar-refractivity contribution in [2.45, 2.75) is 40.5 Å². The Bertz CT molecular complexity index is 457. The van der Waals surface area contributed by atoms with Crippen LogP contribution >= 0.6 is 0 Å². The smallest absolute Gasteiger partial charge is 0.330 e. The molecule has 120 valence electrons. The number of carbonyl (C=O) groups excluding carboxylic acids is 2. The number of allylic oxidation sites excluding steroid dienone is 9. The van der Waals surface area contributed by atoms with Crippen molar-refractivity contribution in [2.24, 2.45) is 0 Å². The van der Waals surface area contributed by atoms with Gasteiger partial charge in [-0.05, 0) is 33.3 Å². The second kappa shape index (κ2) is 12.6. The number of ketones is 1. The summed E-state index contributed by atoms with van der Waals surface area (Å²) in [6.07, 6.45) is 15.6. The molecule has 0 N–H and O–H groups in total. The third-order valence-electron chi connectivity index (χ3n) is 2.63. The quantitative estimate of drug-likeness (QED) is 0.358. The van der Waals surface area contributed by atoms with E-state index in [9.17, 15) is 9.59 Å². The summed E-state index contributed by atoms with van der Waals surface area (Å²) in [5.74, 6) is -0.184. The van der Waals surface area contributed by atoms with Gasteiger partial charge in [-0.1, -0.05) is 54.5 Å². The van der Waals surface area contributed by atoms with Crippen LogP contribution < -0.4 is 0 Å². The molecule has 0 heterocycles. The fourth-order valence-electron chi connectivity index (χ4n) is 1.47. The Hall–Kier alpha value is -2.16. The summed E-state index contributed by atoms with van der Waals surface area (Å²) in [6.45, 7) is 7.99. The molecule has 0 aromatic heterocycles. The first kappa shape index (κ1) is 19.8. The number of ether oxygens (including phenoxy) is 1. The molecule has 0 saturated heterocycles. The highest BCUT2D eigenvalue weighted by atomic mass is 16.5. The topological polar surface area (TPSA) is 43.4 Å². The normalized spacial score (nSPS) is 13.5. The van der Waals surface area contributed by atoms with Crippen molar-refractivity contribution in [3.05, 3.63) is 59.8 Å². The maximum absolute atomic E-state index is 11.4. The Labute approximate surface area is 133 Å². The van der Waals surface area contributed by atoms with Crippen molar-refractivity contribution in [1.29, 1.82) is 0 Å². The Balaban J connectivity index is 4.41. The van der Waals surface area contributed by atoms with Crippen LogP contribution in [0.1, 0.15) is 40.5 Å². The van der Waals surface area contributed by atoms with Gasteiger partial charge in [-0.2, -0.15) is 0 Å². The van der Waals surface area contributed by atoms with Gasteiger partial charge in [0.15, 0.2) is 5.78 Å². The lowest BCUT2D eigenvalue weighted by molar-refractivity contribution is -0.137. The van der Waals surface area contributed by atoms with Gasteiger partial charge in [-0.25, -0.2) is 4.79 Å². The fourth-order valence-corrected chi connectivity index (χ4v) is 1.47. The minimum Gasteiger partial charge on any atom is -0.463 e. The van der Waals surface area contributed by atoms with Crippen LogP contribution in [0.25, 0.3) is 0 Å². The Kier molecular flexibility index (Phi) is 11.3. The van der Waals surface area contributed by atoms with Crippen LogP contribution in [0.3, 0.4) is 0 Å². The van der Waals surface area contributed by atoms with Crippen LogP contribution in [0, 0.1) is 0 Å². The molecule has 0 atom stereocenters. The van der Waals surface area contributed by atoms with E-state index in [-0.39, 0.29) is 11.8 Å². The van der Waals surface area contributed by atoms with Crippen LogP contribution in [0.4, 0.5) is 0 Å². The molecule has 3 nitrogen and oxygen atoms in total. The number of hydrogen-bond donors (Lipinski definition) is 0. The van der Waals surface area contributed by atoms with Gasteiger partial charge in [0.05, 0.1) is 6.61 Å². The van der Waals surface area contributed by atoms with Crippen LogP contribution in [0.2, 0.25) is 0 Å². The number of hydrogen-bond acceptors (Lipinski definition) is 3. The molecule has 0 amide bonds. The number of esters is 1. The maximum Gasteiger partial charge on any atom is 0.330 e. The van der Waals surface area contributed by atoms with Crippen LogP contribution in [-0.4, -0.2) is 18.4 Å². The Morgan fingerprint density at radius 3 is 1.91 bits per heavy atom. The van der Waals surface area contributed by atoms with Crippen molar-refractivity contribution >= 4 is 11.8 Å². The first-order valence-electron chi connectivity index (χ1n) is 7.57. The van der Waals surface area contributed by atoms with Crippen molar-refractivity contribution in [2.75, 3.05) is 6.61 Å². The highest BCUT2D eigenvalue weighted by Gasteiger charge is 1.92. The summed E-state index contributed by atoms with van der Waals surface area (Å²) in [7, 11) is 0. The zero-order valence-electron chi connectivity index (χ0n) is 14.0. The second-order valence-corrected chi connectivity index (χ2v) is 4.84. The van der Waals surface area contributed by atoms with Gasteiger partial charge in [-0.15, -0.1) is 0 Å². The molecule has 0 spiro atoms. The molecule has 3 heteroatoms. The van der Waals surface area contributed by atoms with Crippen molar-refractivity contribution in [3.63, 3.8) is 0 Å². The summed E-state index contributed by atoms with van der Waals surface area (Å²) in [5, 5.41) is 0. The molecule has 0 saturated carbocycles. The van der Waals surface area contributed by atoms with E-state index < -0.39 is 0 Å². The molecular weight excluding hydrogens is 276 g/mol. The minimum absolute atomic E-state index is 0.152. The Morgan fingerprint density at radius 1 is 0.864 bits per heavy atom. The van der Waals surface area contributed by atoms with E-state index in [1.165, 1.54) is 6.08 Å². The SMILES string of the molecule is CCCC(=O)/C=C/C(C)=C/C=C/C=C(C)/C=C/C(=O)OCC. The summed E-state index contributed by atoms with van der Waals surface area (Å²) >= 11 is 0. The zero-order chi connectivity index (χ0) is 16.8. The molecule has 0 aliphatic carbocycles. The first-order valence-corrected chi connectivity index (χ1v) is 7.57. The summed E-state index contributed by atoms with van der Waals surface area (Å²) in [4.78, 5) is 22.5. The standard InChI is InChI=1S/C19H26O3/c1-5-9-18(20)14-12-16(3)10-7-8-11-17(4)13-15-19(21)22-6-2/h7-8,10-15H,5-6,9H2,1-4H3/b8-7+,14-12+,15-13+,16-10+,17-11+. The van der Waals surface area contributed by atoms with Gasteiger partial charge in [0.1, 0.15) is 0 Å². The average molecular weight is 302 g/mol. The molecule has 0 aliphatic heterocycles. The lowest BCUT2D eigenvalue weighted by Gasteiger charge is -1.94. The third-order valence-corrected chi connectivity index (χ3v) is 2.63. The predicted molar refractivity (Wildman–Crippen MR) is 91.5 cm³/mol. The maximum atomic E-state index is 11.4. The molecule has 0 bridgehead atoms. The molecule has 0 radical (unpaired) electrons. The second-order valence-electron chi connectivity index (χ2n) is 4.84. The molecule has 0 rings (SSSR count). The summed E-state index contributed by atoms with van der Waals surface area (Å²) in [6, 6.07) is 0. The van der Waals surface area contributed by atoms with E-state index in [1.807, 2.05) is 51.2 Å². The van der Waals surface area contributed by atoms with Gasteiger partial charge in [0.2, 0.25) is 0 Å². The fraction of sp³-hybridized carbons (Fsp3) is 0.368. The first-order chi connectivity index (χ1) is 10.5. The van der Waals surface area contributed by atoms with Crippen LogP contribution in [0.5, 0.6) is 0 Å². The lowest BCUT2D eigenvalue weighted by atomic mass is 10.2. The molecule has 22 heavy (non-hydrogen) atoms. The van der Waals surface area contributed by atoms with Crippen LogP contribution in [-0.2, 0) is 14.3 Å². The highest BCUT2D eigenvalue weighted by molar-refractivity contribution is 5.89. The lowest BCUT2D eigenvalue weighted by Crippen LogP contribution is -1.98. The van der Waals surface area contributed by atoms with Crippen LogP contribution in [0.15, 0.2) is 59.8 Å². The van der Waals surface area contributed by atoms with Crippen molar-refractivity contribution in [1.82, 2.24) is 0 Å². The highest BCUT2D eigenvalue weighted by Crippen LogP contribution is 2.00. The molecule has 0 aromatic carbocycles. The molecule has 0 unspecified atom stereocenters. The number of rotatable bonds is 9. The molecule has 0 fully saturated rings. The Morgan fingerprint density at radius 2 is 1.41 bits per heavy atom. The monoisotopic (exact) mass is 302 g/mol. The van der Waals surface area contributed by atoms with Gasteiger partial charge < -0.3 is 4.74 Å². The predicted octanol–water partition coefficient (Wildman–Crippen LogP) is 4.48. The third kappa shape index (κ3) is 11.6. The summed E-state index contributed by atoms with van der Waals surface area (Å²) in [5.41, 5.74) is 1.96. The van der Waals surface area contributed by atoms with Gasteiger partial charge in [0, 0.05) is 12.5 Å². The van der Waals surface area contributed by atoms with E-state index in [4.69, 9.17) is 4.74 Å². The molecule has 0 aromatic rings. The van der Waals surface area contributed by atoms with E-state index in [0.29, 0.717) is 13.0 Å². The number of carbonyl (C=O) groups is 2. The van der Waals surface area contributed by atoms with E-state index in [0.717, 1.165) is 17.6 Å². The van der Waals surface area contributed by atoms with E-state index in [1.54, 1.807) is 19.1 Å². The van der Waals surface area contributed by atoms with Crippen molar-refractivity contribution < 1.29 is 14.3 Å². The van der Waals surface area contributed by atoms with Gasteiger partial charge in [-0.3, -0.25) is 4.79 Å². The average Bonchev–Trinajstić information content (AvgIpc) is 2.48.